The molecule has 0 aliphatic carbocycles. The van der Waals surface area contributed by atoms with Crippen molar-refractivity contribution in [1.82, 2.24) is 4.98 Å². The second-order valence-corrected chi connectivity index (χ2v) is 5.18. The fraction of sp³-hybridized carbons (Fsp3) is 0.0769. The van der Waals surface area contributed by atoms with Gasteiger partial charge in [0.15, 0.2) is 5.78 Å². The number of halogens is 2. The molecule has 1 aromatic carbocycles. The maximum atomic E-state index is 12.1. The number of hydrogen-bond donors (Lipinski definition) is 0. The zero-order valence-electron chi connectivity index (χ0n) is 8.86. The molecule has 0 unspecified atom stereocenters. The van der Waals surface area contributed by atoms with Crippen molar-refractivity contribution in [3.63, 3.8) is 0 Å². The van der Waals surface area contributed by atoms with Crippen molar-refractivity contribution in [2.45, 2.75) is 6.42 Å². The van der Waals surface area contributed by atoms with Crippen LogP contribution in [0.4, 0.5) is 0 Å². The van der Waals surface area contributed by atoms with E-state index in [9.17, 15) is 4.79 Å². The molecule has 86 valence electrons. The van der Waals surface area contributed by atoms with Crippen LogP contribution in [0.15, 0.2) is 42.7 Å². The normalized spacial score (nSPS) is 10.2. The van der Waals surface area contributed by atoms with E-state index in [4.69, 9.17) is 11.6 Å². The average molecular weight is 358 g/mol. The summed E-state index contributed by atoms with van der Waals surface area (Å²) in [5.74, 6) is 0.0723. The van der Waals surface area contributed by atoms with Gasteiger partial charge in [-0.1, -0.05) is 11.6 Å². The van der Waals surface area contributed by atoms with Gasteiger partial charge in [-0.15, -0.1) is 0 Å². The van der Waals surface area contributed by atoms with Crippen LogP contribution in [0.25, 0.3) is 0 Å². The highest BCUT2D eigenvalue weighted by atomic mass is 127. The van der Waals surface area contributed by atoms with Gasteiger partial charge in [0, 0.05) is 33.0 Å². The van der Waals surface area contributed by atoms with Crippen molar-refractivity contribution in [2.75, 3.05) is 0 Å². The van der Waals surface area contributed by atoms with E-state index in [0.717, 1.165) is 9.13 Å². The maximum Gasteiger partial charge on any atom is 0.168 e. The minimum Gasteiger partial charge on any atom is -0.294 e. The number of pyridine rings is 1. The van der Waals surface area contributed by atoms with Crippen molar-refractivity contribution in [3.05, 3.63) is 62.4 Å². The van der Waals surface area contributed by atoms with Gasteiger partial charge in [-0.3, -0.25) is 9.78 Å². The summed E-state index contributed by atoms with van der Waals surface area (Å²) < 4.78 is 0.922. The molecule has 0 saturated heterocycles. The van der Waals surface area contributed by atoms with Crippen LogP contribution in [-0.4, -0.2) is 10.8 Å². The van der Waals surface area contributed by atoms with Crippen molar-refractivity contribution in [1.29, 1.82) is 0 Å². The Morgan fingerprint density at radius 3 is 2.65 bits per heavy atom. The van der Waals surface area contributed by atoms with Crippen LogP contribution < -0.4 is 0 Å². The van der Waals surface area contributed by atoms with E-state index in [0.29, 0.717) is 17.0 Å². The zero-order chi connectivity index (χ0) is 12.3. The van der Waals surface area contributed by atoms with Crippen LogP contribution in [0, 0.1) is 3.57 Å². The summed E-state index contributed by atoms with van der Waals surface area (Å²) in [4.78, 5) is 16.0. The van der Waals surface area contributed by atoms with Crippen LogP contribution in [0.1, 0.15) is 15.9 Å². The van der Waals surface area contributed by atoms with E-state index in [-0.39, 0.29) is 5.78 Å². The van der Waals surface area contributed by atoms with E-state index in [1.54, 1.807) is 24.5 Å². The van der Waals surface area contributed by atoms with Gasteiger partial charge in [0.25, 0.3) is 0 Å². The monoisotopic (exact) mass is 357 g/mol. The topological polar surface area (TPSA) is 30.0 Å². The highest BCUT2D eigenvalue weighted by Crippen LogP contribution is 2.19. The lowest BCUT2D eigenvalue weighted by Gasteiger charge is -2.04. The molecular weight excluding hydrogens is 349 g/mol. The van der Waals surface area contributed by atoms with Gasteiger partial charge >= 0.3 is 0 Å². The molecule has 0 radical (unpaired) electrons. The second kappa shape index (κ2) is 5.60. The Morgan fingerprint density at radius 1 is 1.24 bits per heavy atom. The third-order valence-electron chi connectivity index (χ3n) is 2.34. The number of carbonyl (C=O) groups is 1. The molecule has 1 aromatic heterocycles. The van der Waals surface area contributed by atoms with Crippen molar-refractivity contribution >= 4 is 40.0 Å². The molecule has 2 nitrogen and oxygen atoms in total. The number of aromatic nitrogens is 1. The standard InChI is InChI=1S/C13H9ClINO/c14-10-1-2-12(15)11(8-10)13(17)7-9-3-5-16-6-4-9/h1-6,8H,7H2. The smallest absolute Gasteiger partial charge is 0.168 e. The second-order valence-electron chi connectivity index (χ2n) is 3.58. The first-order chi connectivity index (χ1) is 8.16. The van der Waals surface area contributed by atoms with E-state index >= 15 is 0 Å². The molecule has 2 aromatic rings. The van der Waals surface area contributed by atoms with E-state index in [1.165, 1.54) is 0 Å². The van der Waals surface area contributed by atoms with Crippen LogP contribution in [0.5, 0.6) is 0 Å². The van der Waals surface area contributed by atoms with Gasteiger partial charge in [-0.2, -0.15) is 0 Å². The van der Waals surface area contributed by atoms with Gasteiger partial charge < -0.3 is 0 Å². The fourth-order valence-electron chi connectivity index (χ4n) is 1.49. The summed E-state index contributed by atoms with van der Waals surface area (Å²) in [6.07, 6.45) is 3.75. The summed E-state index contributed by atoms with van der Waals surface area (Å²) in [5, 5.41) is 0.587. The summed E-state index contributed by atoms with van der Waals surface area (Å²) in [6.45, 7) is 0. The number of Topliss-reactive ketones (excluding diaryl/α,β-unsaturated/α-hetero) is 1. The van der Waals surface area contributed by atoms with Gasteiger partial charge in [0.05, 0.1) is 0 Å². The van der Waals surface area contributed by atoms with Crippen LogP contribution in [0.3, 0.4) is 0 Å². The molecule has 0 fully saturated rings. The summed E-state index contributed by atoms with van der Waals surface area (Å²) in [6, 6.07) is 9.03. The van der Waals surface area contributed by atoms with Crippen molar-refractivity contribution < 1.29 is 4.79 Å². The summed E-state index contributed by atoms with van der Waals surface area (Å²) in [7, 11) is 0. The van der Waals surface area contributed by atoms with Gasteiger partial charge in [-0.05, 0) is 58.5 Å². The van der Waals surface area contributed by atoms with Crippen LogP contribution >= 0.6 is 34.2 Å². The minimum absolute atomic E-state index is 0.0723. The quantitative estimate of drug-likeness (QED) is 0.618. The Kier molecular flexibility index (Phi) is 4.12. The van der Waals surface area contributed by atoms with E-state index in [2.05, 4.69) is 27.6 Å². The summed E-state index contributed by atoms with van der Waals surface area (Å²) >= 11 is 8.04. The third kappa shape index (κ3) is 3.26. The summed E-state index contributed by atoms with van der Waals surface area (Å²) in [5.41, 5.74) is 1.63. The maximum absolute atomic E-state index is 12.1. The lowest BCUT2D eigenvalue weighted by molar-refractivity contribution is 0.0992. The number of nitrogens with zero attached hydrogens (tertiary/aromatic N) is 1. The fourth-order valence-corrected chi connectivity index (χ4v) is 2.30. The van der Waals surface area contributed by atoms with Crippen LogP contribution in [-0.2, 0) is 6.42 Å². The molecule has 0 atom stereocenters. The molecule has 0 spiro atoms. The molecule has 2 rings (SSSR count). The first-order valence-electron chi connectivity index (χ1n) is 5.04. The largest absolute Gasteiger partial charge is 0.294 e. The molecule has 17 heavy (non-hydrogen) atoms. The lowest BCUT2D eigenvalue weighted by Crippen LogP contribution is -2.05. The Balaban J connectivity index is 2.23. The molecular formula is C13H9ClINO. The lowest BCUT2D eigenvalue weighted by atomic mass is 10.0. The number of carbonyl (C=O) groups excluding carboxylic acids is 1. The first kappa shape index (κ1) is 12.5. The molecule has 0 N–H and O–H groups in total. The molecule has 0 bridgehead atoms. The molecule has 4 heteroatoms. The Morgan fingerprint density at radius 2 is 1.94 bits per heavy atom. The SMILES string of the molecule is O=C(Cc1ccncc1)c1cc(Cl)ccc1I. The Bertz CT molecular complexity index is 542. The third-order valence-corrected chi connectivity index (χ3v) is 3.52. The first-order valence-corrected chi connectivity index (χ1v) is 6.49. The Hall–Kier alpha value is -0.940. The van der Waals surface area contributed by atoms with Gasteiger partial charge in [-0.25, -0.2) is 0 Å². The zero-order valence-corrected chi connectivity index (χ0v) is 11.8. The van der Waals surface area contributed by atoms with E-state index < -0.39 is 0 Å². The average Bonchev–Trinajstić information content (AvgIpc) is 2.33. The number of ketones is 1. The predicted octanol–water partition coefficient (Wildman–Crippen LogP) is 3.77. The van der Waals surface area contributed by atoms with Gasteiger partial charge in [0.1, 0.15) is 0 Å². The molecule has 0 amide bonds. The van der Waals surface area contributed by atoms with Crippen LogP contribution in [0.2, 0.25) is 5.02 Å². The highest BCUT2D eigenvalue weighted by Gasteiger charge is 2.11. The van der Waals surface area contributed by atoms with Gasteiger partial charge in [0.2, 0.25) is 0 Å². The number of hydrogen-bond acceptors (Lipinski definition) is 2. The van der Waals surface area contributed by atoms with Crippen molar-refractivity contribution in [3.8, 4) is 0 Å². The molecule has 0 aliphatic rings. The molecule has 1 heterocycles. The minimum atomic E-state index is 0.0723. The van der Waals surface area contributed by atoms with E-state index in [1.807, 2.05) is 18.2 Å². The highest BCUT2D eigenvalue weighted by molar-refractivity contribution is 14.1. The Labute approximate surface area is 118 Å². The molecule has 0 saturated carbocycles. The molecule has 0 aliphatic heterocycles. The van der Waals surface area contributed by atoms with Crippen molar-refractivity contribution in [2.24, 2.45) is 0 Å². The number of rotatable bonds is 3. The predicted molar refractivity (Wildman–Crippen MR) is 76.4 cm³/mol. The number of benzene rings is 1.